The summed E-state index contributed by atoms with van der Waals surface area (Å²) in [5.74, 6) is -1.62. The third-order valence-electron chi connectivity index (χ3n) is 2.73. The molecule has 1 fully saturated rings. The number of carbonyl (C=O) groups is 3. The molecule has 0 amide bonds. The van der Waals surface area contributed by atoms with Gasteiger partial charge in [0.15, 0.2) is 18.5 Å². The van der Waals surface area contributed by atoms with Gasteiger partial charge in [-0.1, -0.05) is 0 Å². The van der Waals surface area contributed by atoms with Crippen molar-refractivity contribution >= 4 is 17.9 Å². The van der Waals surface area contributed by atoms with Crippen LogP contribution in [0.5, 0.6) is 0 Å². The second-order valence-corrected chi connectivity index (χ2v) is 5.18. The first-order chi connectivity index (χ1) is 10.2. The molecule has 0 radical (unpaired) electrons. The minimum absolute atomic E-state index is 0.136. The minimum atomic E-state index is -0.927. The monoisotopic (exact) mass is 318 g/mol. The van der Waals surface area contributed by atoms with Crippen LogP contribution in [0, 0.1) is 0 Å². The van der Waals surface area contributed by atoms with E-state index in [9.17, 15) is 14.4 Å². The zero-order chi connectivity index (χ0) is 16.9. The summed E-state index contributed by atoms with van der Waals surface area (Å²) in [6.45, 7) is 7.15. The molecule has 0 unspecified atom stereocenters. The van der Waals surface area contributed by atoms with Crippen molar-refractivity contribution in [2.24, 2.45) is 0 Å². The molecule has 4 atom stereocenters. The molecule has 0 bridgehead atoms. The van der Waals surface area contributed by atoms with Gasteiger partial charge in [-0.15, -0.1) is 0 Å². The number of ether oxygens (including phenoxy) is 5. The fourth-order valence-corrected chi connectivity index (χ4v) is 2.05. The van der Waals surface area contributed by atoms with Gasteiger partial charge < -0.3 is 23.7 Å². The van der Waals surface area contributed by atoms with E-state index >= 15 is 0 Å². The smallest absolute Gasteiger partial charge is 0.303 e. The third-order valence-corrected chi connectivity index (χ3v) is 2.73. The van der Waals surface area contributed by atoms with E-state index in [1.165, 1.54) is 20.8 Å². The molecule has 1 saturated heterocycles. The van der Waals surface area contributed by atoms with Gasteiger partial charge in [-0.25, -0.2) is 0 Å². The molecule has 1 aliphatic rings. The van der Waals surface area contributed by atoms with Gasteiger partial charge in [-0.05, 0) is 13.8 Å². The summed E-state index contributed by atoms with van der Waals surface area (Å²) in [5, 5.41) is 0. The van der Waals surface area contributed by atoms with E-state index in [4.69, 9.17) is 23.7 Å². The van der Waals surface area contributed by atoms with E-state index in [2.05, 4.69) is 0 Å². The summed E-state index contributed by atoms with van der Waals surface area (Å²) >= 11 is 0. The van der Waals surface area contributed by atoms with Crippen LogP contribution in [-0.2, 0) is 38.1 Å². The lowest BCUT2D eigenvalue weighted by atomic mass is 10.1. The van der Waals surface area contributed by atoms with Gasteiger partial charge in [0.05, 0.1) is 6.10 Å². The van der Waals surface area contributed by atoms with Gasteiger partial charge in [0.2, 0.25) is 0 Å². The summed E-state index contributed by atoms with van der Waals surface area (Å²) in [6, 6.07) is 0. The van der Waals surface area contributed by atoms with E-state index in [0.717, 1.165) is 0 Å². The molecule has 0 aromatic carbocycles. The van der Waals surface area contributed by atoms with E-state index in [1.807, 2.05) is 0 Å². The molecule has 1 aliphatic heterocycles. The van der Waals surface area contributed by atoms with Gasteiger partial charge in [0, 0.05) is 20.8 Å². The van der Waals surface area contributed by atoms with Crippen LogP contribution in [0.15, 0.2) is 0 Å². The van der Waals surface area contributed by atoms with Crippen LogP contribution in [0.2, 0.25) is 0 Å². The van der Waals surface area contributed by atoms with E-state index < -0.39 is 42.5 Å². The first kappa shape index (κ1) is 18.4. The quantitative estimate of drug-likeness (QED) is 0.518. The van der Waals surface area contributed by atoms with Gasteiger partial charge in [0.1, 0.15) is 12.7 Å². The lowest BCUT2D eigenvalue weighted by molar-refractivity contribution is -0.201. The number of esters is 3. The van der Waals surface area contributed by atoms with Crippen LogP contribution >= 0.6 is 0 Å². The minimum Gasteiger partial charge on any atom is -0.463 e. The summed E-state index contributed by atoms with van der Waals surface area (Å²) < 4.78 is 26.4. The maximum Gasteiger partial charge on any atom is 0.303 e. The Morgan fingerprint density at radius 3 is 1.95 bits per heavy atom. The number of hydrogen-bond acceptors (Lipinski definition) is 8. The third kappa shape index (κ3) is 5.61. The van der Waals surface area contributed by atoms with Crippen LogP contribution in [0.1, 0.15) is 34.6 Å². The Kier molecular flexibility index (Phi) is 6.76. The Labute approximate surface area is 129 Å². The average Bonchev–Trinajstić information content (AvgIpc) is 2.63. The predicted octanol–water partition coefficient (Wildman–Crippen LogP) is 0.563. The van der Waals surface area contributed by atoms with Crippen LogP contribution < -0.4 is 0 Å². The molecule has 0 N–H and O–H groups in total. The topological polar surface area (TPSA) is 97.4 Å². The van der Waals surface area contributed by atoms with Crippen molar-refractivity contribution in [3.63, 3.8) is 0 Å². The van der Waals surface area contributed by atoms with Gasteiger partial charge >= 0.3 is 17.9 Å². The molecule has 1 rings (SSSR count). The molecule has 0 aromatic heterocycles. The standard InChI is InChI=1S/C14H22O8/c1-7(2)19-14-13(21-10(5)17)12(20-9(4)16)11(22-14)6-18-8(3)15/h7,11-14H,6H2,1-5H3/t11-,12-,13+,14+/m1/s1. The van der Waals surface area contributed by atoms with E-state index in [1.54, 1.807) is 13.8 Å². The molecule has 8 heteroatoms. The molecular formula is C14H22O8. The van der Waals surface area contributed by atoms with Crippen molar-refractivity contribution in [3.05, 3.63) is 0 Å². The molecule has 0 aromatic rings. The van der Waals surface area contributed by atoms with E-state index in [0.29, 0.717) is 0 Å². The predicted molar refractivity (Wildman–Crippen MR) is 72.6 cm³/mol. The first-order valence-electron chi connectivity index (χ1n) is 6.99. The zero-order valence-corrected chi connectivity index (χ0v) is 13.4. The van der Waals surface area contributed by atoms with Crippen molar-refractivity contribution < 1.29 is 38.1 Å². The lowest BCUT2D eigenvalue weighted by Crippen LogP contribution is -2.42. The van der Waals surface area contributed by atoms with Crippen molar-refractivity contribution in [1.82, 2.24) is 0 Å². The summed E-state index contributed by atoms with van der Waals surface area (Å²) in [4.78, 5) is 33.5. The Hall–Kier alpha value is -1.67. The Balaban J connectivity index is 2.92. The Morgan fingerprint density at radius 2 is 1.50 bits per heavy atom. The van der Waals surface area contributed by atoms with Crippen LogP contribution in [0.3, 0.4) is 0 Å². The fraction of sp³-hybridized carbons (Fsp3) is 0.786. The molecule has 0 spiro atoms. The molecule has 22 heavy (non-hydrogen) atoms. The van der Waals surface area contributed by atoms with Crippen molar-refractivity contribution in [2.75, 3.05) is 6.61 Å². The first-order valence-corrected chi connectivity index (χ1v) is 6.99. The summed E-state index contributed by atoms with van der Waals surface area (Å²) in [7, 11) is 0. The summed E-state index contributed by atoms with van der Waals surface area (Å²) in [6.07, 6.45) is -3.72. The van der Waals surface area contributed by atoms with Gasteiger partial charge in [-0.2, -0.15) is 0 Å². The van der Waals surface area contributed by atoms with E-state index in [-0.39, 0.29) is 12.7 Å². The number of rotatable bonds is 6. The van der Waals surface area contributed by atoms with Crippen molar-refractivity contribution in [1.29, 1.82) is 0 Å². The highest BCUT2D eigenvalue weighted by atomic mass is 16.7. The average molecular weight is 318 g/mol. The molecule has 126 valence electrons. The van der Waals surface area contributed by atoms with Crippen molar-refractivity contribution in [3.8, 4) is 0 Å². The molecule has 0 aliphatic carbocycles. The number of carbonyl (C=O) groups excluding carboxylic acids is 3. The largest absolute Gasteiger partial charge is 0.463 e. The van der Waals surface area contributed by atoms with Crippen LogP contribution in [0.25, 0.3) is 0 Å². The maximum atomic E-state index is 11.3. The summed E-state index contributed by atoms with van der Waals surface area (Å²) in [5.41, 5.74) is 0. The molecular weight excluding hydrogens is 296 g/mol. The Morgan fingerprint density at radius 1 is 0.955 bits per heavy atom. The Bertz CT molecular complexity index is 419. The van der Waals surface area contributed by atoms with Gasteiger partial charge in [0.25, 0.3) is 0 Å². The lowest BCUT2D eigenvalue weighted by Gasteiger charge is -2.24. The SMILES string of the molecule is CC(=O)OC[C@H]1O[C@H](OC(C)C)[C@@H](OC(C)=O)[C@@H]1OC(C)=O. The molecule has 8 nitrogen and oxygen atoms in total. The fourth-order valence-electron chi connectivity index (χ4n) is 2.05. The molecule has 1 heterocycles. The van der Waals surface area contributed by atoms with Gasteiger partial charge in [-0.3, -0.25) is 14.4 Å². The second-order valence-electron chi connectivity index (χ2n) is 5.18. The normalized spacial score (nSPS) is 27.5. The highest BCUT2D eigenvalue weighted by Gasteiger charge is 2.50. The zero-order valence-electron chi connectivity index (χ0n) is 13.4. The second kappa shape index (κ2) is 8.09. The molecule has 0 saturated carbocycles. The number of hydrogen-bond donors (Lipinski definition) is 0. The highest BCUT2D eigenvalue weighted by Crippen LogP contribution is 2.29. The maximum absolute atomic E-state index is 11.3. The van der Waals surface area contributed by atoms with Crippen molar-refractivity contribution in [2.45, 2.75) is 65.3 Å². The van der Waals surface area contributed by atoms with Crippen LogP contribution in [0.4, 0.5) is 0 Å². The van der Waals surface area contributed by atoms with Crippen LogP contribution in [-0.4, -0.2) is 55.2 Å². The highest BCUT2D eigenvalue weighted by molar-refractivity contribution is 5.67.